The van der Waals surface area contributed by atoms with E-state index < -0.39 is 6.10 Å². The number of aliphatic hydroxyl groups excluding tert-OH is 2. The standard InChI is InChI=1S/C27H42O4/c1-6-7-10-19(2)24(28)14-13-22-23-16-20(15-21(23)17-25(22)29)11-8-9-12-26(30)31-18-27(3,4)5/h11,13-14,19,21-25,28-29H,8-10,12,15-18H2,1-5H3/t19?,21-,22+,23-,24+,25+/m0/s1. The zero-order valence-corrected chi connectivity index (χ0v) is 20.1. The van der Waals surface area contributed by atoms with Crippen molar-refractivity contribution >= 4 is 5.97 Å². The summed E-state index contributed by atoms with van der Waals surface area (Å²) in [7, 11) is 0. The summed E-state index contributed by atoms with van der Waals surface area (Å²) in [5.74, 6) is 6.97. The van der Waals surface area contributed by atoms with Crippen LogP contribution in [0.3, 0.4) is 0 Å². The molecule has 4 heteroatoms. The molecule has 0 spiro atoms. The third-order valence-corrected chi connectivity index (χ3v) is 6.51. The van der Waals surface area contributed by atoms with Crippen LogP contribution in [-0.2, 0) is 9.53 Å². The second-order valence-electron chi connectivity index (χ2n) is 10.7. The fourth-order valence-electron chi connectivity index (χ4n) is 4.68. The maximum absolute atomic E-state index is 11.9. The van der Waals surface area contributed by atoms with Gasteiger partial charge in [0.15, 0.2) is 0 Å². The first kappa shape index (κ1) is 25.7. The van der Waals surface area contributed by atoms with Gasteiger partial charge in [-0.3, -0.25) is 4.79 Å². The molecule has 0 radical (unpaired) electrons. The molecule has 0 aromatic rings. The molecule has 0 heterocycles. The maximum atomic E-state index is 11.9. The van der Waals surface area contributed by atoms with Gasteiger partial charge in [-0.25, -0.2) is 0 Å². The fraction of sp³-hybridized carbons (Fsp3) is 0.741. The minimum Gasteiger partial charge on any atom is -0.465 e. The third kappa shape index (κ3) is 8.47. The molecular formula is C27H42O4. The summed E-state index contributed by atoms with van der Waals surface area (Å²) < 4.78 is 5.33. The highest BCUT2D eigenvalue weighted by molar-refractivity contribution is 5.69. The van der Waals surface area contributed by atoms with E-state index in [2.05, 4.69) is 38.7 Å². The number of unbranched alkanes of at least 4 members (excludes halogenated alkanes) is 1. The Hall–Kier alpha value is -1.57. The molecule has 2 fully saturated rings. The van der Waals surface area contributed by atoms with Crippen molar-refractivity contribution in [3.63, 3.8) is 0 Å². The highest BCUT2D eigenvalue weighted by atomic mass is 16.5. The van der Waals surface area contributed by atoms with Gasteiger partial charge in [-0.15, -0.1) is 11.8 Å². The summed E-state index contributed by atoms with van der Waals surface area (Å²) in [5, 5.41) is 20.9. The minimum absolute atomic E-state index is 0.00646. The summed E-state index contributed by atoms with van der Waals surface area (Å²) in [6.45, 7) is 10.5. The van der Waals surface area contributed by atoms with Crippen molar-refractivity contribution in [1.82, 2.24) is 0 Å². The van der Waals surface area contributed by atoms with Gasteiger partial charge in [0, 0.05) is 18.8 Å². The number of esters is 1. The van der Waals surface area contributed by atoms with Gasteiger partial charge in [0.25, 0.3) is 0 Å². The highest BCUT2D eigenvalue weighted by Crippen LogP contribution is 2.50. The van der Waals surface area contributed by atoms with Crippen LogP contribution in [0.25, 0.3) is 0 Å². The molecule has 2 aliphatic carbocycles. The van der Waals surface area contributed by atoms with Crippen molar-refractivity contribution in [1.29, 1.82) is 0 Å². The SMILES string of the molecule is CC#CCC(C)[C@H](O)C=C[C@@H]1[C@H]2CC(=CCCCC(=O)OCC(C)(C)C)C[C@H]2C[C@H]1O. The van der Waals surface area contributed by atoms with E-state index >= 15 is 0 Å². The van der Waals surface area contributed by atoms with Crippen molar-refractivity contribution in [2.45, 2.75) is 91.8 Å². The molecule has 0 saturated heterocycles. The molecule has 0 aromatic heterocycles. The van der Waals surface area contributed by atoms with Crippen LogP contribution in [0.1, 0.15) is 79.6 Å². The van der Waals surface area contributed by atoms with E-state index in [0.717, 1.165) is 32.1 Å². The second kappa shape index (κ2) is 11.9. The number of ether oxygens (including phenoxy) is 1. The monoisotopic (exact) mass is 430 g/mol. The summed E-state index contributed by atoms with van der Waals surface area (Å²) in [6, 6.07) is 0. The summed E-state index contributed by atoms with van der Waals surface area (Å²) in [5.41, 5.74) is 1.46. The van der Waals surface area contributed by atoms with E-state index in [4.69, 9.17) is 4.74 Å². The first-order chi connectivity index (χ1) is 14.6. The summed E-state index contributed by atoms with van der Waals surface area (Å²) in [6.07, 6.45) is 11.1. The molecular weight excluding hydrogens is 388 g/mol. The fourth-order valence-corrected chi connectivity index (χ4v) is 4.68. The molecule has 0 aromatic carbocycles. The number of allylic oxidation sites excluding steroid dienone is 2. The Bertz CT molecular complexity index is 703. The predicted molar refractivity (Wildman–Crippen MR) is 125 cm³/mol. The zero-order valence-electron chi connectivity index (χ0n) is 20.1. The lowest BCUT2D eigenvalue weighted by molar-refractivity contribution is -0.146. The van der Waals surface area contributed by atoms with Gasteiger partial charge < -0.3 is 14.9 Å². The molecule has 174 valence electrons. The van der Waals surface area contributed by atoms with Crippen LogP contribution in [-0.4, -0.2) is 35.0 Å². The lowest BCUT2D eigenvalue weighted by Gasteiger charge is -2.19. The summed E-state index contributed by atoms with van der Waals surface area (Å²) in [4.78, 5) is 11.9. The number of aliphatic hydroxyl groups is 2. The molecule has 31 heavy (non-hydrogen) atoms. The third-order valence-electron chi connectivity index (χ3n) is 6.51. The molecule has 0 amide bonds. The number of rotatable bonds is 9. The van der Waals surface area contributed by atoms with Gasteiger partial charge in [0.1, 0.15) is 0 Å². The van der Waals surface area contributed by atoms with Gasteiger partial charge >= 0.3 is 5.97 Å². The van der Waals surface area contributed by atoms with E-state index in [0.29, 0.717) is 31.3 Å². The Morgan fingerprint density at radius 1 is 1.32 bits per heavy atom. The largest absolute Gasteiger partial charge is 0.465 e. The lowest BCUT2D eigenvalue weighted by atomic mass is 9.89. The van der Waals surface area contributed by atoms with Crippen LogP contribution in [0.2, 0.25) is 0 Å². The number of carbonyl (C=O) groups excluding carboxylic acids is 1. The van der Waals surface area contributed by atoms with Crippen LogP contribution in [0, 0.1) is 40.9 Å². The van der Waals surface area contributed by atoms with Crippen molar-refractivity contribution < 1.29 is 19.7 Å². The maximum Gasteiger partial charge on any atom is 0.305 e. The average Bonchev–Trinajstić information content (AvgIpc) is 3.21. The van der Waals surface area contributed by atoms with E-state index in [1.165, 1.54) is 5.57 Å². The van der Waals surface area contributed by atoms with Gasteiger partial charge in [-0.1, -0.05) is 51.5 Å². The topological polar surface area (TPSA) is 66.8 Å². The smallest absolute Gasteiger partial charge is 0.305 e. The first-order valence-corrected chi connectivity index (χ1v) is 11.9. The Labute approximate surface area is 189 Å². The van der Waals surface area contributed by atoms with Gasteiger partial charge in [-0.2, -0.15) is 0 Å². The average molecular weight is 431 g/mol. The quantitative estimate of drug-likeness (QED) is 0.233. The lowest BCUT2D eigenvalue weighted by Crippen LogP contribution is -2.19. The molecule has 2 rings (SSSR count). The van der Waals surface area contributed by atoms with Crippen molar-refractivity contribution in [3.8, 4) is 11.8 Å². The number of hydrogen-bond acceptors (Lipinski definition) is 4. The molecule has 0 bridgehead atoms. The van der Waals surface area contributed by atoms with E-state index in [1.54, 1.807) is 0 Å². The first-order valence-electron chi connectivity index (χ1n) is 11.9. The van der Waals surface area contributed by atoms with Crippen LogP contribution >= 0.6 is 0 Å². The number of carbonyl (C=O) groups is 1. The Morgan fingerprint density at radius 3 is 2.74 bits per heavy atom. The predicted octanol–water partition coefficient (Wildman–Crippen LogP) is 5.05. The van der Waals surface area contributed by atoms with Crippen LogP contribution < -0.4 is 0 Å². The molecule has 0 aliphatic heterocycles. The molecule has 2 aliphatic rings. The van der Waals surface area contributed by atoms with E-state index in [9.17, 15) is 15.0 Å². The second-order valence-corrected chi connectivity index (χ2v) is 10.7. The van der Waals surface area contributed by atoms with Crippen molar-refractivity contribution in [2.75, 3.05) is 6.61 Å². The van der Waals surface area contributed by atoms with Gasteiger partial charge in [-0.05, 0) is 62.2 Å². The molecule has 2 N–H and O–H groups in total. The molecule has 1 unspecified atom stereocenters. The molecule has 2 saturated carbocycles. The van der Waals surface area contributed by atoms with E-state index in [-0.39, 0.29) is 29.3 Å². The highest BCUT2D eigenvalue weighted by Gasteiger charge is 2.44. The van der Waals surface area contributed by atoms with Crippen molar-refractivity contribution in [2.24, 2.45) is 29.1 Å². The number of fused-ring (bicyclic) bond motifs is 1. The zero-order chi connectivity index (χ0) is 23.0. The normalized spacial score (nSPS) is 28.9. The van der Waals surface area contributed by atoms with Gasteiger partial charge in [0.05, 0.1) is 18.8 Å². The number of hydrogen-bond donors (Lipinski definition) is 2. The van der Waals surface area contributed by atoms with Crippen LogP contribution in [0.4, 0.5) is 0 Å². The van der Waals surface area contributed by atoms with E-state index in [1.807, 2.05) is 26.0 Å². The van der Waals surface area contributed by atoms with Gasteiger partial charge in [0.2, 0.25) is 0 Å². The summed E-state index contributed by atoms with van der Waals surface area (Å²) >= 11 is 0. The Balaban J connectivity index is 1.79. The molecule has 6 atom stereocenters. The molecule has 4 nitrogen and oxygen atoms in total. The minimum atomic E-state index is -0.526. The Morgan fingerprint density at radius 2 is 2.06 bits per heavy atom. The van der Waals surface area contributed by atoms with Crippen LogP contribution in [0.5, 0.6) is 0 Å². The van der Waals surface area contributed by atoms with Crippen LogP contribution in [0.15, 0.2) is 23.8 Å². The van der Waals surface area contributed by atoms with Crippen molar-refractivity contribution in [3.05, 3.63) is 23.8 Å². The Kier molecular flexibility index (Phi) is 9.85.